The summed E-state index contributed by atoms with van der Waals surface area (Å²) in [4.78, 5) is 5.87. The maximum absolute atomic E-state index is 5.34. The van der Waals surface area contributed by atoms with E-state index in [1.807, 2.05) is 0 Å². The number of nitrogens with one attached hydrogen (secondary N) is 1. The smallest absolute Gasteiger partial charge is 0.284 e. The van der Waals surface area contributed by atoms with Crippen molar-refractivity contribution in [2.75, 3.05) is 0 Å². The zero-order valence-corrected chi connectivity index (χ0v) is 11.0. The van der Waals surface area contributed by atoms with Crippen LogP contribution in [0.1, 0.15) is 37.4 Å². The van der Waals surface area contributed by atoms with Gasteiger partial charge in [0.2, 0.25) is 0 Å². The minimum Gasteiger partial charge on any atom is -0.408 e. The van der Waals surface area contributed by atoms with Crippen LogP contribution in [-0.4, -0.2) is 15.2 Å². The molecule has 0 aliphatic rings. The second kappa shape index (κ2) is 4.47. The Morgan fingerprint density at radius 1 is 1.50 bits per heavy atom. The Balaban J connectivity index is 2.54. The van der Waals surface area contributed by atoms with Gasteiger partial charge >= 0.3 is 0 Å². The van der Waals surface area contributed by atoms with Gasteiger partial charge in [-0.3, -0.25) is 0 Å². The van der Waals surface area contributed by atoms with E-state index in [1.54, 1.807) is 11.3 Å². The summed E-state index contributed by atoms with van der Waals surface area (Å²) in [7, 11) is 0. The third-order valence-electron chi connectivity index (χ3n) is 2.18. The quantitative estimate of drug-likeness (QED) is 0.852. The minimum absolute atomic E-state index is 0.302. The van der Waals surface area contributed by atoms with Crippen LogP contribution in [0.15, 0.2) is 4.42 Å². The Morgan fingerprint density at radius 3 is 2.75 bits per heavy atom. The number of hydrogen-bond acceptors (Lipinski definition) is 5. The zero-order valence-electron chi connectivity index (χ0n) is 9.40. The molecule has 16 heavy (non-hydrogen) atoms. The lowest BCUT2D eigenvalue weighted by Crippen LogP contribution is -1.91. The molecule has 86 valence electrons. The highest BCUT2D eigenvalue weighted by Crippen LogP contribution is 2.33. The molecule has 0 aliphatic heterocycles. The fraction of sp³-hybridized carbons (Fsp3) is 0.500. The first kappa shape index (κ1) is 11.5. The Morgan fingerprint density at radius 2 is 2.25 bits per heavy atom. The van der Waals surface area contributed by atoms with Gasteiger partial charge < -0.3 is 4.42 Å². The third kappa shape index (κ3) is 2.08. The van der Waals surface area contributed by atoms with E-state index in [0.717, 1.165) is 22.0 Å². The lowest BCUT2D eigenvalue weighted by Gasteiger charge is -2.00. The van der Waals surface area contributed by atoms with E-state index in [1.165, 1.54) is 0 Å². The molecule has 6 heteroatoms. The van der Waals surface area contributed by atoms with Crippen molar-refractivity contribution in [2.24, 2.45) is 0 Å². The first-order valence-electron chi connectivity index (χ1n) is 5.17. The van der Waals surface area contributed by atoms with Gasteiger partial charge in [0.25, 0.3) is 10.7 Å². The van der Waals surface area contributed by atoms with E-state index in [9.17, 15) is 0 Å². The summed E-state index contributed by atoms with van der Waals surface area (Å²) in [6.07, 6.45) is 0.926. The van der Waals surface area contributed by atoms with E-state index >= 15 is 0 Å². The normalized spacial score (nSPS) is 11.2. The number of aromatic nitrogens is 3. The molecular formula is C10H13N3OS2. The fourth-order valence-electron chi connectivity index (χ4n) is 1.40. The molecule has 2 rings (SSSR count). The summed E-state index contributed by atoms with van der Waals surface area (Å²) < 4.78 is 5.34. The van der Waals surface area contributed by atoms with Gasteiger partial charge in [-0.15, -0.1) is 16.4 Å². The molecule has 0 radical (unpaired) electrons. The molecular weight excluding hydrogens is 242 g/mol. The second-order valence-electron chi connectivity index (χ2n) is 3.75. The van der Waals surface area contributed by atoms with Crippen LogP contribution in [0.3, 0.4) is 0 Å². The lowest BCUT2D eigenvalue weighted by molar-refractivity contribution is 0.552. The molecule has 1 N–H and O–H groups in total. The molecule has 4 nitrogen and oxygen atoms in total. The highest BCUT2D eigenvalue weighted by atomic mass is 32.1. The number of nitrogens with zero attached hydrogens (tertiary/aromatic N) is 2. The van der Waals surface area contributed by atoms with E-state index in [2.05, 4.69) is 36.0 Å². The van der Waals surface area contributed by atoms with Crippen LogP contribution in [0.2, 0.25) is 0 Å². The summed E-state index contributed by atoms with van der Waals surface area (Å²) in [5, 5.41) is 7.79. The highest BCUT2D eigenvalue weighted by molar-refractivity contribution is 7.71. The number of aromatic amines is 1. The number of rotatable bonds is 3. The summed E-state index contributed by atoms with van der Waals surface area (Å²) >= 11 is 6.50. The molecule has 2 heterocycles. The van der Waals surface area contributed by atoms with Crippen LogP contribution in [0, 0.1) is 4.84 Å². The van der Waals surface area contributed by atoms with Gasteiger partial charge in [-0.05, 0) is 24.6 Å². The van der Waals surface area contributed by atoms with Crippen molar-refractivity contribution in [3.05, 3.63) is 15.5 Å². The van der Waals surface area contributed by atoms with E-state index < -0.39 is 0 Å². The maximum Gasteiger partial charge on any atom is 0.284 e. The summed E-state index contributed by atoms with van der Waals surface area (Å²) in [6.45, 7) is 6.31. The van der Waals surface area contributed by atoms with Crippen molar-refractivity contribution in [1.29, 1.82) is 0 Å². The number of aryl methyl sites for hydroxylation is 1. The van der Waals surface area contributed by atoms with E-state index in [-0.39, 0.29) is 0 Å². The molecule has 0 saturated carbocycles. The van der Waals surface area contributed by atoms with Gasteiger partial charge in [-0.25, -0.2) is 10.1 Å². The van der Waals surface area contributed by atoms with Crippen molar-refractivity contribution in [3.63, 3.8) is 0 Å². The summed E-state index contributed by atoms with van der Waals surface area (Å²) in [5.41, 5.74) is 1.03. The van der Waals surface area contributed by atoms with Crippen molar-refractivity contribution in [3.8, 4) is 10.8 Å². The van der Waals surface area contributed by atoms with Gasteiger partial charge in [0, 0.05) is 0 Å². The van der Waals surface area contributed by atoms with E-state index in [0.29, 0.717) is 16.6 Å². The van der Waals surface area contributed by atoms with Crippen LogP contribution < -0.4 is 0 Å². The third-order valence-corrected chi connectivity index (χ3v) is 3.56. The summed E-state index contributed by atoms with van der Waals surface area (Å²) in [5.74, 6) is 0.901. The fourth-order valence-corrected chi connectivity index (χ4v) is 2.61. The standard InChI is InChI=1S/C10H13N3OS2/c1-4-6-11-7(5(2)3)8(16-6)9-12-13-10(15)14-9/h5H,4H2,1-3H3,(H,13,15). The molecule has 0 bridgehead atoms. The van der Waals surface area contributed by atoms with Crippen molar-refractivity contribution < 1.29 is 4.42 Å². The molecule has 0 spiro atoms. The molecule has 0 aliphatic carbocycles. The molecule has 2 aromatic rings. The largest absolute Gasteiger partial charge is 0.408 e. The second-order valence-corrected chi connectivity index (χ2v) is 5.20. The maximum atomic E-state index is 5.34. The van der Waals surface area contributed by atoms with Crippen LogP contribution in [-0.2, 0) is 6.42 Å². The molecule has 0 saturated heterocycles. The first-order valence-corrected chi connectivity index (χ1v) is 6.39. The number of hydrogen-bond donors (Lipinski definition) is 1. The molecule has 0 aromatic carbocycles. The molecule has 0 fully saturated rings. The Bertz CT molecular complexity index is 538. The SMILES string of the molecule is CCc1nc(C(C)C)c(-c2n[nH]c(=S)o2)s1. The zero-order chi connectivity index (χ0) is 11.7. The minimum atomic E-state index is 0.302. The predicted octanol–water partition coefficient (Wildman–Crippen LogP) is 3.54. The number of thiazole rings is 1. The van der Waals surface area contributed by atoms with Gasteiger partial charge in [-0.2, -0.15) is 0 Å². The van der Waals surface area contributed by atoms with Gasteiger partial charge in [0.1, 0.15) is 4.88 Å². The van der Waals surface area contributed by atoms with E-state index in [4.69, 9.17) is 16.6 Å². The van der Waals surface area contributed by atoms with Crippen LogP contribution in [0.5, 0.6) is 0 Å². The molecule has 0 unspecified atom stereocenters. The average Bonchev–Trinajstić information content (AvgIpc) is 2.82. The van der Waals surface area contributed by atoms with Gasteiger partial charge in [0.05, 0.1) is 10.7 Å². The van der Waals surface area contributed by atoms with Crippen molar-refractivity contribution in [1.82, 2.24) is 15.2 Å². The topological polar surface area (TPSA) is 54.7 Å². The van der Waals surface area contributed by atoms with Gasteiger partial charge in [-0.1, -0.05) is 20.8 Å². The monoisotopic (exact) mass is 255 g/mol. The highest BCUT2D eigenvalue weighted by Gasteiger charge is 2.18. The van der Waals surface area contributed by atoms with Crippen LogP contribution in [0.4, 0.5) is 0 Å². The van der Waals surface area contributed by atoms with Crippen LogP contribution in [0.25, 0.3) is 10.8 Å². The first-order chi connectivity index (χ1) is 7.61. The predicted molar refractivity (Wildman–Crippen MR) is 66.3 cm³/mol. The van der Waals surface area contributed by atoms with Crippen molar-refractivity contribution >= 4 is 23.6 Å². The molecule has 0 amide bonds. The Labute approximate surface area is 103 Å². The molecule has 0 atom stereocenters. The lowest BCUT2D eigenvalue weighted by atomic mass is 10.1. The Kier molecular flexibility index (Phi) is 3.20. The van der Waals surface area contributed by atoms with Crippen LogP contribution >= 0.6 is 23.6 Å². The Hall–Kier alpha value is -1.01. The van der Waals surface area contributed by atoms with Crippen molar-refractivity contribution in [2.45, 2.75) is 33.1 Å². The number of H-pyrrole nitrogens is 1. The average molecular weight is 255 g/mol. The molecule has 2 aromatic heterocycles. The van der Waals surface area contributed by atoms with Gasteiger partial charge in [0.15, 0.2) is 0 Å². The summed E-state index contributed by atoms with van der Waals surface area (Å²) in [6, 6.07) is 0.